The van der Waals surface area contributed by atoms with E-state index in [1.165, 1.54) is 0 Å². The molecule has 1 N–H and O–H groups in total. The van der Waals surface area contributed by atoms with E-state index in [-0.39, 0.29) is 18.9 Å². The molecule has 19 heavy (non-hydrogen) atoms. The second-order valence-corrected chi connectivity index (χ2v) is 4.25. The average Bonchev–Trinajstić information content (AvgIpc) is 2.95. The minimum Gasteiger partial charge on any atom is -0.366 e. The maximum atomic E-state index is 13.3. The van der Waals surface area contributed by atoms with E-state index in [1.54, 1.807) is 0 Å². The van der Waals surface area contributed by atoms with Gasteiger partial charge in [0.2, 0.25) is 5.82 Å². The van der Waals surface area contributed by atoms with Crippen LogP contribution < -0.4 is 5.32 Å². The van der Waals surface area contributed by atoms with Gasteiger partial charge in [-0.05, 0) is 12.8 Å². The van der Waals surface area contributed by atoms with Crippen molar-refractivity contribution in [2.24, 2.45) is 0 Å². The lowest BCUT2D eigenvalue weighted by Crippen LogP contribution is -2.38. The summed E-state index contributed by atoms with van der Waals surface area (Å²) in [6, 6.07) is 0.726. The number of hydrogen-bond donors (Lipinski definition) is 1. The zero-order chi connectivity index (χ0) is 14.4. The van der Waals surface area contributed by atoms with Crippen LogP contribution in [0.3, 0.4) is 0 Å². The summed E-state index contributed by atoms with van der Waals surface area (Å²) in [4.78, 5) is 9.44. The third-order valence-corrected chi connectivity index (χ3v) is 2.88. The van der Waals surface area contributed by atoms with Crippen LogP contribution in [-0.2, 0) is 0 Å². The first-order valence-electron chi connectivity index (χ1n) is 5.15. The van der Waals surface area contributed by atoms with Crippen molar-refractivity contribution in [3.05, 3.63) is 33.9 Å². The van der Waals surface area contributed by atoms with Crippen molar-refractivity contribution < 1.29 is 26.9 Å². The molecular weight excluding hydrogens is 275 g/mol. The number of nitrogens with one attached hydrogen (secondary N) is 1. The number of benzene rings is 1. The predicted octanol–water partition coefficient (Wildman–Crippen LogP) is 3.38. The lowest BCUT2D eigenvalue weighted by atomic mass is 10.2. The Morgan fingerprint density at radius 2 is 1.84 bits per heavy atom. The standard InChI is InChI=1S/C10H7F5N2O2/c11-5-3-6(12)8(17(18)19)7(4-5)16-9(1-2-9)10(13,14)15/h3-4,16H,1-2H2. The molecule has 0 amide bonds. The van der Waals surface area contributed by atoms with Gasteiger partial charge >= 0.3 is 11.9 Å². The number of alkyl halides is 3. The SMILES string of the molecule is O=[N+]([O-])c1c(F)cc(F)cc1NC1(C(F)(F)F)CC1. The van der Waals surface area contributed by atoms with E-state index in [4.69, 9.17) is 0 Å². The maximum Gasteiger partial charge on any atom is 0.411 e. The first-order valence-corrected chi connectivity index (χ1v) is 5.15. The number of halogens is 5. The highest BCUT2D eigenvalue weighted by atomic mass is 19.4. The summed E-state index contributed by atoms with van der Waals surface area (Å²) in [6.07, 6.45) is -5.25. The Morgan fingerprint density at radius 1 is 1.26 bits per heavy atom. The topological polar surface area (TPSA) is 55.2 Å². The van der Waals surface area contributed by atoms with E-state index in [0.717, 1.165) is 0 Å². The van der Waals surface area contributed by atoms with Gasteiger partial charge in [-0.3, -0.25) is 10.1 Å². The molecule has 0 bridgehead atoms. The Labute approximate surface area is 103 Å². The van der Waals surface area contributed by atoms with Crippen molar-refractivity contribution in [1.82, 2.24) is 0 Å². The minimum absolute atomic E-state index is 0.247. The van der Waals surface area contributed by atoms with E-state index < -0.39 is 39.6 Å². The van der Waals surface area contributed by atoms with Crippen LogP contribution in [0.2, 0.25) is 0 Å². The monoisotopic (exact) mass is 282 g/mol. The molecule has 0 aliphatic heterocycles. The van der Waals surface area contributed by atoms with Crippen LogP contribution in [0, 0.1) is 21.7 Å². The first kappa shape index (κ1) is 13.5. The molecule has 1 aromatic carbocycles. The van der Waals surface area contributed by atoms with Crippen LogP contribution in [0.1, 0.15) is 12.8 Å². The fourth-order valence-corrected chi connectivity index (χ4v) is 1.71. The van der Waals surface area contributed by atoms with Crippen molar-refractivity contribution in [3.8, 4) is 0 Å². The Morgan fingerprint density at radius 3 is 2.26 bits per heavy atom. The lowest BCUT2D eigenvalue weighted by Gasteiger charge is -2.21. The number of anilines is 1. The fraction of sp³-hybridized carbons (Fsp3) is 0.400. The second-order valence-electron chi connectivity index (χ2n) is 4.25. The van der Waals surface area contributed by atoms with E-state index in [0.29, 0.717) is 6.07 Å². The number of hydrogen-bond acceptors (Lipinski definition) is 3. The molecule has 0 radical (unpaired) electrons. The predicted molar refractivity (Wildman–Crippen MR) is 54.7 cm³/mol. The zero-order valence-electron chi connectivity index (χ0n) is 9.22. The molecule has 0 atom stereocenters. The molecule has 1 saturated carbocycles. The first-order chi connectivity index (χ1) is 8.66. The molecule has 2 rings (SSSR count). The second kappa shape index (κ2) is 4.04. The highest BCUT2D eigenvalue weighted by Crippen LogP contribution is 2.52. The zero-order valence-corrected chi connectivity index (χ0v) is 9.22. The van der Waals surface area contributed by atoms with Crippen molar-refractivity contribution in [3.63, 3.8) is 0 Å². The normalized spacial score (nSPS) is 17.1. The molecule has 0 saturated heterocycles. The summed E-state index contributed by atoms with van der Waals surface area (Å²) in [7, 11) is 0. The highest BCUT2D eigenvalue weighted by Gasteiger charge is 2.64. The summed E-state index contributed by atoms with van der Waals surface area (Å²) < 4.78 is 64.3. The number of rotatable bonds is 3. The van der Waals surface area contributed by atoms with Crippen LogP contribution in [0.25, 0.3) is 0 Å². The van der Waals surface area contributed by atoms with E-state index in [1.807, 2.05) is 5.32 Å². The van der Waals surface area contributed by atoms with Gasteiger partial charge in [-0.2, -0.15) is 17.6 Å². The largest absolute Gasteiger partial charge is 0.411 e. The number of nitro groups is 1. The molecule has 1 aromatic rings. The van der Waals surface area contributed by atoms with Crippen molar-refractivity contribution in [1.29, 1.82) is 0 Å². The van der Waals surface area contributed by atoms with Gasteiger partial charge in [0.25, 0.3) is 0 Å². The Balaban J connectivity index is 2.43. The van der Waals surface area contributed by atoms with Gasteiger partial charge in [0.1, 0.15) is 17.0 Å². The molecule has 0 spiro atoms. The summed E-state index contributed by atoms with van der Waals surface area (Å²) >= 11 is 0. The fourth-order valence-electron chi connectivity index (χ4n) is 1.71. The highest BCUT2D eigenvalue weighted by molar-refractivity contribution is 5.64. The quantitative estimate of drug-likeness (QED) is 0.525. The Kier molecular flexibility index (Phi) is 2.87. The van der Waals surface area contributed by atoms with Gasteiger partial charge in [0, 0.05) is 12.1 Å². The summed E-state index contributed by atoms with van der Waals surface area (Å²) in [5.74, 6) is -2.71. The molecule has 4 nitrogen and oxygen atoms in total. The summed E-state index contributed by atoms with van der Waals surface area (Å²) in [5, 5.41) is 12.5. The Bertz CT molecular complexity index is 539. The van der Waals surface area contributed by atoms with Crippen LogP contribution in [0.5, 0.6) is 0 Å². The third kappa shape index (κ3) is 2.32. The molecule has 0 aromatic heterocycles. The van der Waals surface area contributed by atoms with Crippen molar-refractivity contribution in [2.45, 2.75) is 24.6 Å². The molecule has 0 heterocycles. The lowest BCUT2D eigenvalue weighted by molar-refractivity contribution is -0.386. The maximum absolute atomic E-state index is 13.3. The van der Waals surface area contributed by atoms with Gasteiger partial charge in [-0.1, -0.05) is 0 Å². The molecule has 9 heteroatoms. The molecule has 0 unspecified atom stereocenters. The van der Waals surface area contributed by atoms with Crippen LogP contribution in [0.4, 0.5) is 33.3 Å². The number of nitro benzene ring substituents is 1. The minimum atomic E-state index is -4.65. The smallest absolute Gasteiger partial charge is 0.366 e. The van der Waals surface area contributed by atoms with Gasteiger partial charge in [0.05, 0.1) is 4.92 Å². The van der Waals surface area contributed by atoms with Crippen molar-refractivity contribution >= 4 is 11.4 Å². The van der Waals surface area contributed by atoms with E-state index >= 15 is 0 Å². The number of nitrogens with zero attached hydrogens (tertiary/aromatic N) is 1. The van der Waals surface area contributed by atoms with Gasteiger partial charge < -0.3 is 5.32 Å². The molecule has 104 valence electrons. The van der Waals surface area contributed by atoms with Gasteiger partial charge in [0.15, 0.2) is 0 Å². The molecular formula is C10H7F5N2O2. The summed E-state index contributed by atoms with van der Waals surface area (Å²) in [5.41, 5.74) is -4.34. The van der Waals surface area contributed by atoms with Crippen molar-refractivity contribution in [2.75, 3.05) is 5.32 Å². The Hall–Kier alpha value is -1.93. The third-order valence-electron chi connectivity index (χ3n) is 2.88. The molecule has 1 fully saturated rings. The average molecular weight is 282 g/mol. The van der Waals surface area contributed by atoms with Crippen LogP contribution in [-0.4, -0.2) is 16.6 Å². The van der Waals surface area contributed by atoms with E-state index in [2.05, 4.69) is 0 Å². The molecule has 1 aliphatic carbocycles. The van der Waals surface area contributed by atoms with Gasteiger partial charge in [-0.15, -0.1) is 0 Å². The van der Waals surface area contributed by atoms with Crippen LogP contribution >= 0.6 is 0 Å². The molecule has 1 aliphatic rings. The van der Waals surface area contributed by atoms with E-state index in [9.17, 15) is 32.1 Å². The summed E-state index contributed by atoms with van der Waals surface area (Å²) in [6.45, 7) is 0. The van der Waals surface area contributed by atoms with Crippen LogP contribution in [0.15, 0.2) is 12.1 Å². The van der Waals surface area contributed by atoms with Gasteiger partial charge in [-0.25, -0.2) is 4.39 Å².